The maximum atomic E-state index is 13.9. The number of benzene rings is 1. The Morgan fingerprint density at radius 3 is 2.67 bits per heavy atom. The van der Waals surface area contributed by atoms with Crippen molar-refractivity contribution in [3.63, 3.8) is 0 Å². The zero-order valence-electron chi connectivity index (χ0n) is 13.2. The van der Waals surface area contributed by atoms with E-state index in [1.807, 2.05) is 0 Å². The molecule has 0 unspecified atom stereocenters. The van der Waals surface area contributed by atoms with Crippen molar-refractivity contribution in [2.24, 2.45) is 0 Å². The number of pyridine rings is 1. The Morgan fingerprint density at radius 1 is 1.42 bits per heavy atom. The van der Waals surface area contributed by atoms with Gasteiger partial charge in [-0.25, -0.2) is 4.39 Å². The molecule has 2 rings (SSSR count). The van der Waals surface area contributed by atoms with Crippen LogP contribution in [0.5, 0.6) is 5.88 Å². The molecule has 0 amide bonds. The molecule has 2 aromatic rings. The number of methoxy groups -OCH3 is 1. The number of halogens is 1. The summed E-state index contributed by atoms with van der Waals surface area (Å²) < 4.78 is 19.6. The number of carbonyl (C=O) groups excluding carboxylic acids is 1. The SMILES string of the molecule is COCCn1c(O)c(C(=O)c2ccccc2F)c(C)c(C#N)c1=O. The van der Waals surface area contributed by atoms with Crippen LogP contribution in [0.25, 0.3) is 0 Å². The lowest BCUT2D eigenvalue weighted by atomic mass is 9.97. The first-order valence-electron chi connectivity index (χ1n) is 7.08. The van der Waals surface area contributed by atoms with Gasteiger partial charge in [0.15, 0.2) is 0 Å². The third kappa shape index (κ3) is 2.92. The summed E-state index contributed by atoms with van der Waals surface area (Å²) in [7, 11) is 1.41. The molecular weight excluding hydrogens is 315 g/mol. The predicted molar refractivity (Wildman–Crippen MR) is 83.5 cm³/mol. The molecule has 0 saturated heterocycles. The zero-order chi connectivity index (χ0) is 17.9. The lowest BCUT2D eigenvalue weighted by Crippen LogP contribution is -2.28. The summed E-state index contributed by atoms with van der Waals surface area (Å²) in [5.74, 6) is -2.16. The second-order valence-corrected chi connectivity index (χ2v) is 5.07. The van der Waals surface area contributed by atoms with Gasteiger partial charge in [-0.05, 0) is 24.6 Å². The summed E-state index contributed by atoms with van der Waals surface area (Å²) in [6.45, 7) is 1.41. The van der Waals surface area contributed by atoms with Gasteiger partial charge in [-0.15, -0.1) is 0 Å². The van der Waals surface area contributed by atoms with Gasteiger partial charge in [0.05, 0.1) is 24.3 Å². The summed E-state index contributed by atoms with van der Waals surface area (Å²) in [6.07, 6.45) is 0. The number of hydrogen-bond donors (Lipinski definition) is 1. The number of nitrogens with zero attached hydrogens (tertiary/aromatic N) is 2. The number of hydrogen-bond acceptors (Lipinski definition) is 5. The van der Waals surface area contributed by atoms with Crippen molar-refractivity contribution < 1.29 is 19.0 Å². The van der Waals surface area contributed by atoms with E-state index in [0.29, 0.717) is 0 Å². The monoisotopic (exact) mass is 330 g/mol. The molecule has 0 aliphatic carbocycles. The summed E-state index contributed by atoms with van der Waals surface area (Å²) in [4.78, 5) is 24.9. The van der Waals surface area contributed by atoms with Gasteiger partial charge < -0.3 is 9.84 Å². The van der Waals surface area contributed by atoms with Crippen LogP contribution >= 0.6 is 0 Å². The van der Waals surface area contributed by atoms with Crippen LogP contribution in [0.3, 0.4) is 0 Å². The molecule has 1 heterocycles. The van der Waals surface area contributed by atoms with Gasteiger partial charge in [0.25, 0.3) is 5.56 Å². The average Bonchev–Trinajstić information content (AvgIpc) is 2.55. The van der Waals surface area contributed by atoms with Gasteiger partial charge in [-0.2, -0.15) is 5.26 Å². The Hall–Kier alpha value is -2.98. The minimum Gasteiger partial charge on any atom is -0.494 e. The minimum atomic E-state index is -0.800. The van der Waals surface area contributed by atoms with Gasteiger partial charge in [0.1, 0.15) is 17.4 Å². The Kier molecular flexibility index (Phi) is 5.11. The maximum Gasteiger partial charge on any atom is 0.271 e. The third-order valence-corrected chi connectivity index (χ3v) is 3.66. The van der Waals surface area contributed by atoms with Crippen molar-refractivity contribution in [3.05, 3.63) is 62.7 Å². The second-order valence-electron chi connectivity index (χ2n) is 5.07. The van der Waals surface area contributed by atoms with Gasteiger partial charge >= 0.3 is 0 Å². The fourth-order valence-corrected chi connectivity index (χ4v) is 2.39. The van der Waals surface area contributed by atoms with E-state index in [1.54, 1.807) is 6.07 Å². The molecule has 6 nitrogen and oxygen atoms in total. The molecule has 0 fully saturated rings. The lowest BCUT2D eigenvalue weighted by Gasteiger charge is -2.15. The van der Waals surface area contributed by atoms with E-state index < -0.39 is 23.0 Å². The molecule has 0 spiro atoms. The second kappa shape index (κ2) is 7.06. The van der Waals surface area contributed by atoms with Crippen molar-refractivity contribution >= 4 is 5.78 Å². The molecule has 1 N–H and O–H groups in total. The highest BCUT2D eigenvalue weighted by Gasteiger charge is 2.26. The van der Waals surface area contributed by atoms with Crippen LogP contribution in [0, 0.1) is 24.1 Å². The molecule has 0 aliphatic heterocycles. The molecule has 0 saturated carbocycles. The predicted octanol–water partition coefficient (Wildman–Crippen LogP) is 1.75. The van der Waals surface area contributed by atoms with E-state index in [-0.39, 0.29) is 35.4 Å². The minimum absolute atomic E-state index is 0.0157. The highest BCUT2D eigenvalue weighted by atomic mass is 19.1. The standard InChI is InChI=1S/C17H15FN2O4/c1-10-12(9-19)16(22)20(7-8-24-2)17(23)14(10)15(21)11-5-3-4-6-13(11)18/h3-6,23H,7-8H2,1-2H3. The molecule has 0 bridgehead atoms. The number of rotatable bonds is 5. The molecule has 0 radical (unpaired) electrons. The van der Waals surface area contributed by atoms with Crippen molar-refractivity contribution in [1.82, 2.24) is 4.57 Å². The molecule has 124 valence electrons. The Morgan fingerprint density at radius 2 is 2.08 bits per heavy atom. The van der Waals surface area contributed by atoms with Gasteiger partial charge in [0.2, 0.25) is 11.7 Å². The number of ether oxygens (including phenoxy) is 1. The fraction of sp³-hybridized carbons (Fsp3) is 0.235. The smallest absolute Gasteiger partial charge is 0.271 e. The normalized spacial score (nSPS) is 10.4. The van der Waals surface area contributed by atoms with E-state index in [2.05, 4.69) is 0 Å². The van der Waals surface area contributed by atoms with Crippen LogP contribution < -0.4 is 5.56 Å². The molecule has 7 heteroatoms. The highest BCUT2D eigenvalue weighted by molar-refractivity contribution is 6.11. The number of aromatic hydroxyl groups is 1. The van der Waals surface area contributed by atoms with Crippen LogP contribution in [-0.4, -0.2) is 29.2 Å². The summed E-state index contributed by atoms with van der Waals surface area (Å²) in [5, 5.41) is 19.6. The number of nitriles is 1. The molecule has 0 atom stereocenters. The molecule has 0 aliphatic rings. The molecule has 1 aromatic carbocycles. The van der Waals surface area contributed by atoms with Gasteiger partial charge in [-0.1, -0.05) is 12.1 Å². The summed E-state index contributed by atoms with van der Waals surface area (Å²) in [6, 6.07) is 7.04. The molecule has 1 aromatic heterocycles. The van der Waals surface area contributed by atoms with Crippen molar-refractivity contribution in [1.29, 1.82) is 5.26 Å². The van der Waals surface area contributed by atoms with Crippen LogP contribution in [-0.2, 0) is 11.3 Å². The van der Waals surface area contributed by atoms with Gasteiger partial charge in [-0.3, -0.25) is 14.2 Å². The van der Waals surface area contributed by atoms with Gasteiger partial charge in [0, 0.05) is 7.11 Å². The quantitative estimate of drug-likeness (QED) is 0.843. The van der Waals surface area contributed by atoms with Crippen molar-refractivity contribution in [3.8, 4) is 11.9 Å². The summed E-state index contributed by atoms with van der Waals surface area (Å²) >= 11 is 0. The maximum absolute atomic E-state index is 13.9. The van der Waals surface area contributed by atoms with Crippen LogP contribution in [0.4, 0.5) is 4.39 Å². The van der Waals surface area contributed by atoms with E-state index in [0.717, 1.165) is 10.6 Å². The van der Waals surface area contributed by atoms with E-state index in [9.17, 15) is 24.3 Å². The van der Waals surface area contributed by atoms with E-state index in [1.165, 1.54) is 32.2 Å². The first-order valence-corrected chi connectivity index (χ1v) is 7.08. The van der Waals surface area contributed by atoms with E-state index in [4.69, 9.17) is 4.74 Å². The number of aromatic nitrogens is 1. The molecular formula is C17H15FN2O4. The first kappa shape index (κ1) is 17.4. The highest BCUT2D eigenvalue weighted by Crippen LogP contribution is 2.25. The topological polar surface area (TPSA) is 92.3 Å². The number of carbonyl (C=O) groups is 1. The number of ketones is 1. The summed E-state index contributed by atoms with van der Waals surface area (Å²) in [5.41, 5.74) is -1.51. The van der Waals surface area contributed by atoms with Crippen LogP contribution in [0.1, 0.15) is 27.0 Å². The lowest BCUT2D eigenvalue weighted by molar-refractivity contribution is 0.102. The Balaban J connectivity index is 2.74. The van der Waals surface area contributed by atoms with Crippen molar-refractivity contribution in [2.45, 2.75) is 13.5 Å². The van der Waals surface area contributed by atoms with E-state index >= 15 is 0 Å². The zero-order valence-corrected chi connectivity index (χ0v) is 13.2. The average molecular weight is 330 g/mol. The third-order valence-electron chi connectivity index (χ3n) is 3.66. The van der Waals surface area contributed by atoms with Crippen LogP contribution in [0.15, 0.2) is 29.1 Å². The first-order chi connectivity index (χ1) is 11.4. The largest absolute Gasteiger partial charge is 0.494 e. The molecule has 24 heavy (non-hydrogen) atoms. The van der Waals surface area contributed by atoms with Crippen molar-refractivity contribution in [2.75, 3.05) is 13.7 Å². The fourth-order valence-electron chi connectivity index (χ4n) is 2.39. The Bertz CT molecular complexity index is 897. The van der Waals surface area contributed by atoms with Crippen LogP contribution in [0.2, 0.25) is 0 Å². The Labute approximate surface area is 137 Å².